The van der Waals surface area contributed by atoms with Crippen molar-refractivity contribution in [2.45, 2.75) is 0 Å². The standard InChI is InChI=1S/Ce.K.NO3/c;;2-1(3)4/q+4;+1;-1. The van der Waals surface area contributed by atoms with Gasteiger partial charge in [0.2, 0.25) is 0 Å². The summed E-state index contributed by atoms with van der Waals surface area (Å²) in [5, 5.41) is 14.8. The number of hydrogen-bond donors (Lipinski definition) is 0. The first-order chi connectivity index (χ1) is 1.73. The molecule has 0 N–H and O–H groups in total. The average molecular weight is 241 g/mol. The maximum absolute atomic E-state index is 8.25. The zero-order chi connectivity index (χ0) is 3.58. The van der Waals surface area contributed by atoms with Gasteiger partial charge in [-0.05, 0) is 0 Å². The minimum absolute atomic E-state index is 0. The first-order valence-corrected chi connectivity index (χ1v) is 0.548. The van der Waals surface area contributed by atoms with Crippen LogP contribution in [-0.2, 0) is 0 Å². The van der Waals surface area contributed by atoms with Crippen molar-refractivity contribution in [3.8, 4) is 0 Å². The van der Waals surface area contributed by atoms with E-state index in [4.69, 9.17) is 15.3 Å². The van der Waals surface area contributed by atoms with Crippen LogP contribution in [0, 0.1) is 57.1 Å². The summed E-state index contributed by atoms with van der Waals surface area (Å²) in [6, 6.07) is 0. The number of hydrogen-bond acceptors (Lipinski definition) is 3. The Morgan fingerprint density at radius 1 is 1.33 bits per heavy atom. The molecule has 0 aliphatic heterocycles. The van der Waals surface area contributed by atoms with Gasteiger partial charge in [-0.3, -0.25) is 0 Å². The predicted octanol–water partition coefficient (Wildman–Crippen LogP) is -3.24. The van der Waals surface area contributed by atoms with E-state index in [0.717, 1.165) is 0 Å². The summed E-state index contributed by atoms with van der Waals surface area (Å²) in [5.74, 6) is 0. The molecule has 0 amide bonds. The summed E-state index contributed by atoms with van der Waals surface area (Å²) in [7, 11) is 0. The molecule has 24 valence electrons. The van der Waals surface area contributed by atoms with Crippen LogP contribution in [-0.4, -0.2) is 5.09 Å². The summed E-state index contributed by atoms with van der Waals surface area (Å²) >= 11 is 0. The van der Waals surface area contributed by atoms with E-state index in [0.29, 0.717) is 0 Å². The Morgan fingerprint density at radius 3 is 1.33 bits per heavy atom. The molecule has 0 heterocycles. The van der Waals surface area contributed by atoms with Crippen LogP contribution in [0.3, 0.4) is 0 Å². The van der Waals surface area contributed by atoms with Crippen molar-refractivity contribution in [3.05, 3.63) is 15.3 Å². The van der Waals surface area contributed by atoms with Gasteiger partial charge in [-0.15, -0.1) is 0 Å². The molecule has 0 aromatic heterocycles. The van der Waals surface area contributed by atoms with Gasteiger partial charge in [0.25, 0.3) is 0 Å². The molecular weight excluding hydrogens is 241 g/mol. The third-order valence-corrected chi connectivity index (χ3v) is 0. The zero-order valence-corrected chi connectivity index (χ0v) is 9.44. The second kappa shape index (κ2) is 10.2. The Balaban J connectivity index is -0.0000000450. The molecule has 0 rings (SSSR count). The normalized spacial score (nSPS) is 4.00. The van der Waals surface area contributed by atoms with Crippen LogP contribution in [0.5, 0.6) is 0 Å². The van der Waals surface area contributed by atoms with Crippen LogP contribution in [0.1, 0.15) is 0 Å². The number of nitrogens with zero attached hydrogens (tertiary/aromatic N) is 1. The molecule has 0 fully saturated rings. The molecule has 6 heavy (non-hydrogen) atoms. The summed E-state index contributed by atoms with van der Waals surface area (Å²) in [6.07, 6.45) is 0. The van der Waals surface area contributed by atoms with Gasteiger partial charge in [0.05, 0.1) is 5.09 Å². The smallest absolute Gasteiger partial charge is 0.356 e. The van der Waals surface area contributed by atoms with E-state index in [1.54, 1.807) is 0 Å². The minimum atomic E-state index is -1.75. The van der Waals surface area contributed by atoms with Crippen LogP contribution >= 0.6 is 0 Å². The van der Waals surface area contributed by atoms with Crippen LogP contribution in [0.4, 0.5) is 0 Å². The van der Waals surface area contributed by atoms with Gasteiger partial charge < -0.3 is 15.3 Å². The first kappa shape index (κ1) is 15.7. The number of rotatable bonds is 0. The van der Waals surface area contributed by atoms with Crippen molar-refractivity contribution in [2.24, 2.45) is 0 Å². The molecule has 0 aromatic rings. The Labute approximate surface area is 111 Å². The molecule has 0 aromatic carbocycles. The second-order valence-electron chi connectivity index (χ2n) is 0.224. The van der Waals surface area contributed by atoms with Crippen molar-refractivity contribution >= 4 is 0 Å². The van der Waals surface area contributed by atoms with Crippen LogP contribution < -0.4 is 51.4 Å². The van der Waals surface area contributed by atoms with E-state index < -0.39 is 5.09 Å². The van der Waals surface area contributed by atoms with E-state index in [9.17, 15) is 0 Å². The van der Waals surface area contributed by atoms with Gasteiger partial charge in [-0.1, -0.05) is 0 Å². The molecule has 0 saturated heterocycles. The molecular formula is CeKNO3+4. The monoisotopic (exact) mass is 241 g/mol. The summed E-state index contributed by atoms with van der Waals surface area (Å²) in [5.41, 5.74) is 0. The van der Waals surface area contributed by atoms with Crippen molar-refractivity contribution in [1.82, 2.24) is 0 Å². The maximum atomic E-state index is 8.25. The zero-order valence-electron chi connectivity index (χ0n) is 3.17. The van der Waals surface area contributed by atoms with Crippen LogP contribution in [0.15, 0.2) is 0 Å². The Hall–Kier alpha value is 2.21. The molecule has 0 aliphatic carbocycles. The van der Waals surface area contributed by atoms with Gasteiger partial charge in [-0.2, -0.15) is 0 Å². The van der Waals surface area contributed by atoms with E-state index in [2.05, 4.69) is 0 Å². The van der Waals surface area contributed by atoms with Gasteiger partial charge in [0.1, 0.15) is 0 Å². The van der Waals surface area contributed by atoms with Crippen LogP contribution in [0.25, 0.3) is 0 Å². The van der Waals surface area contributed by atoms with Gasteiger partial charge >= 0.3 is 93.1 Å². The molecule has 4 nitrogen and oxygen atoms in total. The average Bonchev–Trinajstić information content (AvgIpc) is 0.811. The third-order valence-electron chi connectivity index (χ3n) is 0. The van der Waals surface area contributed by atoms with E-state index in [-0.39, 0.29) is 93.1 Å². The van der Waals surface area contributed by atoms with E-state index in [1.165, 1.54) is 0 Å². The summed E-state index contributed by atoms with van der Waals surface area (Å²) < 4.78 is 0. The fraction of sp³-hybridized carbons (Fsp3) is 0. The molecule has 0 spiro atoms. The topological polar surface area (TPSA) is 66.2 Å². The first-order valence-electron chi connectivity index (χ1n) is 0.548. The van der Waals surface area contributed by atoms with Crippen molar-refractivity contribution in [2.75, 3.05) is 0 Å². The molecule has 0 unspecified atom stereocenters. The summed E-state index contributed by atoms with van der Waals surface area (Å²) in [4.78, 5) is 8.25. The Bertz CT molecular complexity index is 33.8. The second-order valence-corrected chi connectivity index (χ2v) is 0.224. The minimum Gasteiger partial charge on any atom is -0.356 e. The molecule has 0 radical (unpaired) electrons. The van der Waals surface area contributed by atoms with E-state index >= 15 is 0 Å². The van der Waals surface area contributed by atoms with Gasteiger partial charge in [0, 0.05) is 0 Å². The quantitative estimate of drug-likeness (QED) is 0.254. The molecule has 0 aliphatic rings. The fourth-order valence-corrected chi connectivity index (χ4v) is 0. The van der Waals surface area contributed by atoms with Crippen molar-refractivity contribution in [1.29, 1.82) is 0 Å². The largest absolute Gasteiger partial charge is 4.00 e. The van der Waals surface area contributed by atoms with Crippen LogP contribution in [0.2, 0.25) is 0 Å². The Kier molecular flexibility index (Phi) is 26.9. The SMILES string of the molecule is O=[N+]([O-])[O-].[Ce+4].[K+]. The molecule has 0 saturated carbocycles. The predicted molar refractivity (Wildman–Crippen MR) is 10.4 cm³/mol. The molecule has 0 atom stereocenters. The fourth-order valence-electron chi connectivity index (χ4n) is 0. The van der Waals surface area contributed by atoms with Gasteiger partial charge in [0.15, 0.2) is 0 Å². The van der Waals surface area contributed by atoms with Crippen molar-refractivity contribution < 1.29 is 98.2 Å². The maximum Gasteiger partial charge on any atom is 4.00 e. The van der Waals surface area contributed by atoms with E-state index in [1.807, 2.05) is 0 Å². The molecule has 6 heteroatoms. The van der Waals surface area contributed by atoms with Gasteiger partial charge in [-0.25, -0.2) is 0 Å². The third kappa shape index (κ3) is 34.5. The molecule has 0 bridgehead atoms. The Morgan fingerprint density at radius 2 is 1.33 bits per heavy atom. The van der Waals surface area contributed by atoms with Crippen molar-refractivity contribution in [3.63, 3.8) is 0 Å². The summed E-state index contributed by atoms with van der Waals surface area (Å²) in [6.45, 7) is 0.